The fourth-order valence-electron chi connectivity index (χ4n) is 15.4. The first-order valence-corrected chi connectivity index (χ1v) is 44.6. The standard InChI is InChI=1S/2C32H37.C2H7Si.2ClH.Zr/c2*1-2-19-32(20-9-5-3-4-6-10-21-32)24-25-22-27-15-12-18-30(31(27)23-25)29-17-11-14-26-13-7-8-16-28(26)29;1-3-2;;;/h2*7-8,11-18,22-23H,2-6,9-10,19-21,24H2,1H3;3H,1-2H3;2*1H;/q;;;;;+2/p-2. The molecule has 4 heteroatoms. The molecule has 0 radical (unpaired) electrons. The van der Waals surface area contributed by atoms with Crippen LogP contribution in [0.5, 0.6) is 0 Å². The molecule has 70 heavy (non-hydrogen) atoms. The van der Waals surface area contributed by atoms with E-state index in [9.17, 15) is 17.0 Å². The molecule has 0 nitrogen and oxygen atoms in total. The van der Waals surface area contributed by atoms with E-state index in [1.54, 1.807) is 11.1 Å². The van der Waals surface area contributed by atoms with Crippen LogP contribution in [0.15, 0.2) is 132 Å². The number of fused-ring (bicyclic) bond motifs is 4. The van der Waals surface area contributed by atoms with Crippen molar-refractivity contribution in [3.8, 4) is 22.3 Å². The van der Waals surface area contributed by atoms with Crippen LogP contribution in [0.3, 0.4) is 0 Å². The van der Waals surface area contributed by atoms with Gasteiger partial charge in [-0.3, -0.25) is 0 Å². The molecule has 2 unspecified atom stereocenters. The third kappa shape index (κ3) is 9.55. The van der Waals surface area contributed by atoms with E-state index in [2.05, 4.69) is 160 Å². The first-order chi connectivity index (χ1) is 34.1. The first-order valence-electron chi connectivity index (χ1n) is 28.3. The van der Waals surface area contributed by atoms with E-state index in [1.807, 2.05) is 0 Å². The molecule has 4 aliphatic carbocycles. The van der Waals surface area contributed by atoms with Gasteiger partial charge in [-0.05, 0) is 0 Å². The maximum atomic E-state index is 9.58. The Kier molecular flexibility index (Phi) is 15.5. The fourth-order valence-corrected chi connectivity index (χ4v) is 46.7. The van der Waals surface area contributed by atoms with Crippen molar-refractivity contribution in [3.05, 3.63) is 155 Å². The first kappa shape index (κ1) is 50.5. The van der Waals surface area contributed by atoms with E-state index >= 15 is 0 Å². The Morgan fingerprint density at radius 2 is 0.786 bits per heavy atom. The van der Waals surface area contributed by atoms with Crippen molar-refractivity contribution in [3.63, 3.8) is 0 Å². The molecule has 4 aliphatic rings. The number of rotatable bonds is 13. The van der Waals surface area contributed by atoms with Gasteiger partial charge in [0.15, 0.2) is 0 Å². The molecule has 6 aromatic carbocycles. The SMILES string of the molecule is CCCC1(CC2=Cc3c(-c4cccc5ccccc45)cccc3[CH]2[Zr]([Cl])([Cl])([CH]2C(CC3(CCC)CCCCCCCC3)=Cc3c(-c4cccc5ccccc45)cccc32)[SiH](C)C)CCCCCCCC1. The monoisotopic (exact) mass is 1060 g/mol. The number of allylic oxidation sites excluding steroid dienone is 2. The fraction of sp³-hybridized carbons (Fsp3) is 0.455. The van der Waals surface area contributed by atoms with Gasteiger partial charge in [0.25, 0.3) is 0 Å². The summed E-state index contributed by atoms with van der Waals surface area (Å²) in [7, 11) is 19.2. The minimum atomic E-state index is -5.31. The van der Waals surface area contributed by atoms with E-state index in [4.69, 9.17) is 0 Å². The summed E-state index contributed by atoms with van der Waals surface area (Å²) < 4.78 is 0.122. The predicted molar refractivity (Wildman–Crippen MR) is 309 cm³/mol. The maximum absolute atomic E-state index is 9.58. The number of benzene rings is 6. The molecule has 2 saturated carbocycles. The van der Waals surface area contributed by atoms with Crippen molar-refractivity contribution >= 4 is 56.6 Å². The molecule has 0 N–H and O–H groups in total. The average molecular weight is 1060 g/mol. The molecule has 0 heterocycles. The summed E-state index contributed by atoms with van der Waals surface area (Å²) >= 11 is -5.31. The van der Waals surface area contributed by atoms with Crippen molar-refractivity contribution in [2.75, 3.05) is 0 Å². The van der Waals surface area contributed by atoms with E-state index in [0.29, 0.717) is 0 Å². The summed E-state index contributed by atoms with van der Waals surface area (Å²) in [5, 5.41) is 5.23. The molecule has 6 aromatic rings. The van der Waals surface area contributed by atoms with Crippen LogP contribution in [0.25, 0.3) is 56.0 Å². The summed E-state index contributed by atoms with van der Waals surface area (Å²) in [5.74, 6) is -1.85. The molecule has 2 atom stereocenters. The zero-order valence-corrected chi connectivity index (χ0v) is 48.4. The molecular weight excluding hydrogens is 983 g/mol. The summed E-state index contributed by atoms with van der Waals surface area (Å²) in [6.45, 7) is 10.1. The van der Waals surface area contributed by atoms with Gasteiger partial charge in [0.2, 0.25) is 0 Å². The van der Waals surface area contributed by atoms with E-state index in [-0.39, 0.29) is 18.1 Å². The summed E-state index contributed by atoms with van der Waals surface area (Å²) in [6.07, 6.45) is 34.3. The molecule has 0 bridgehead atoms. The van der Waals surface area contributed by atoms with Crippen molar-refractivity contribution in [1.82, 2.24) is 0 Å². The normalized spacial score (nSPS) is 21.3. The van der Waals surface area contributed by atoms with Crippen LogP contribution >= 0.6 is 17.0 Å². The number of hydrogen-bond acceptors (Lipinski definition) is 0. The third-order valence-electron chi connectivity index (χ3n) is 18.7. The van der Waals surface area contributed by atoms with E-state index in [1.165, 1.54) is 194 Å². The zero-order valence-electron chi connectivity index (χ0n) is 43.2. The van der Waals surface area contributed by atoms with Gasteiger partial charge in [0.05, 0.1) is 0 Å². The number of halogens is 2. The molecule has 10 rings (SSSR count). The van der Waals surface area contributed by atoms with Gasteiger partial charge in [0, 0.05) is 0 Å². The Morgan fingerprint density at radius 1 is 0.443 bits per heavy atom. The van der Waals surface area contributed by atoms with Gasteiger partial charge in [-0.2, -0.15) is 0 Å². The molecular formula is C66H81Cl2SiZr. The van der Waals surface area contributed by atoms with Gasteiger partial charge >= 0.3 is 435 Å². The second-order valence-electron chi connectivity index (χ2n) is 23.5. The van der Waals surface area contributed by atoms with Crippen LogP contribution in [0.1, 0.15) is 185 Å². The van der Waals surface area contributed by atoms with Gasteiger partial charge in [0.1, 0.15) is 0 Å². The third-order valence-corrected chi connectivity index (χ3v) is 70.6. The second-order valence-corrected chi connectivity index (χ2v) is 66.0. The Hall–Kier alpha value is -3.00. The summed E-state index contributed by atoms with van der Waals surface area (Å²) in [4.78, 5) is 0. The van der Waals surface area contributed by atoms with Crippen molar-refractivity contribution in [2.45, 2.75) is 175 Å². The Morgan fingerprint density at radius 3 is 1.17 bits per heavy atom. The molecule has 0 aromatic heterocycles. The molecule has 0 saturated heterocycles. The second kappa shape index (κ2) is 21.5. The average Bonchev–Trinajstić information content (AvgIpc) is 3.99. The van der Waals surface area contributed by atoms with Crippen molar-refractivity contribution in [1.29, 1.82) is 0 Å². The topological polar surface area (TPSA) is 0 Å². The zero-order chi connectivity index (χ0) is 48.4. The van der Waals surface area contributed by atoms with Crippen LogP contribution in [-0.4, -0.2) is 5.92 Å². The van der Waals surface area contributed by atoms with Crippen molar-refractivity contribution < 1.29 is 15.6 Å². The molecule has 0 spiro atoms. The van der Waals surface area contributed by atoms with Crippen LogP contribution in [0.2, 0.25) is 13.1 Å². The Balaban J connectivity index is 1.22. The predicted octanol–water partition coefficient (Wildman–Crippen LogP) is 21.5. The Bertz CT molecular complexity index is 2660. The minimum absolute atomic E-state index is 0.0611. The van der Waals surface area contributed by atoms with E-state index < -0.39 is 21.5 Å². The van der Waals surface area contributed by atoms with Crippen LogP contribution in [0.4, 0.5) is 0 Å². The molecule has 2 fully saturated rings. The van der Waals surface area contributed by atoms with Gasteiger partial charge < -0.3 is 0 Å². The van der Waals surface area contributed by atoms with Gasteiger partial charge in [-0.1, -0.05) is 0 Å². The molecule has 0 amide bonds. The molecule has 0 aliphatic heterocycles. The van der Waals surface area contributed by atoms with Crippen molar-refractivity contribution in [2.24, 2.45) is 10.8 Å². The van der Waals surface area contributed by atoms with Crippen LogP contribution < -0.4 is 0 Å². The number of hydrogen-bond donors (Lipinski definition) is 0. The van der Waals surface area contributed by atoms with E-state index in [0.717, 1.165) is 12.8 Å². The molecule has 367 valence electrons. The van der Waals surface area contributed by atoms with Gasteiger partial charge in [-0.15, -0.1) is 0 Å². The van der Waals surface area contributed by atoms with Crippen LogP contribution in [-0.2, 0) is 15.6 Å². The van der Waals surface area contributed by atoms with Gasteiger partial charge in [-0.25, -0.2) is 0 Å². The Labute approximate surface area is 431 Å². The van der Waals surface area contributed by atoms with Crippen LogP contribution in [0, 0.1) is 10.8 Å². The summed E-state index contributed by atoms with van der Waals surface area (Å²) in [5.41, 5.74) is 14.7. The summed E-state index contributed by atoms with van der Waals surface area (Å²) in [6, 6.07) is 46.4. The quantitative estimate of drug-likeness (QED) is 0.101.